The molecule has 0 aliphatic heterocycles. The standard InChI is InChI=1S/C19H20N4O3/c1-25-16-8-3-6-14(18(16)26-2)9-10-17(24)22-15-7-4-11-20-19(15)23-13-5-12-21-23/h3-8,11-13H,9-10H2,1-2H3,(H,22,24). The minimum atomic E-state index is -0.115. The van der Waals surface area contributed by atoms with Crippen LogP contribution in [0.25, 0.3) is 5.82 Å². The van der Waals surface area contributed by atoms with Gasteiger partial charge < -0.3 is 14.8 Å². The molecule has 7 nitrogen and oxygen atoms in total. The van der Waals surface area contributed by atoms with Gasteiger partial charge >= 0.3 is 0 Å². The van der Waals surface area contributed by atoms with Gasteiger partial charge in [-0.1, -0.05) is 12.1 Å². The Hall–Kier alpha value is -3.35. The number of pyridine rings is 1. The maximum Gasteiger partial charge on any atom is 0.224 e. The topological polar surface area (TPSA) is 78.3 Å². The van der Waals surface area contributed by atoms with E-state index >= 15 is 0 Å². The Balaban J connectivity index is 1.70. The highest BCUT2D eigenvalue weighted by molar-refractivity contribution is 5.92. The molecule has 3 aromatic rings. The van der Waals surface area contributed by atoms with Crippen LogP contribution in [0.2, 0.25) is 0 Å². The minimum Gasteiger partial charge on any atom is -0.493 e. The summed E-state index contributed by atoms with van der Waals surface area (Å²) in [5, 5.41) is 7.06. The highest BCUT2D eigenvalue weighted by atomic mass is 16.5. The van der Waals surface area contributed by atoms with E-state index in [9.17, 15) is 4.79 Å². The van der Waals surface area contributed by atoms with Crippen molar-refractivity contribution < 1.29 is 14.3 Å². The quantitative estimate of drug-likeness (QED) is 0.707. The molecule has 0 bridgehead atoms. The van der Waals surface area contributed by atoms with Crippen LogP contribution >= 0.6 is 0 Å². The third-order valence-corrected chi connectivity index (χ3v) is 3.89. The van der Waals surface area contributed by atoms with Crippen molar-refractivity contribution in [2.24, 2.45) is 0 Å². The van der Waals surface area contributed by atoms with Crippen LogP contribution in [0.4, 0.5) is 5.69 Å². The first-order valence-electron chi connectivity index (χ1n) is 8.17. The van der Waals surface area contributed by atoms with Crippen molar-refractivity contribution in [3.8, 4) is 17.3 Å². The lowest BCUT2D eigenvalue weighted by atomic mass is 10.1. The van der Waals surface area contributed by atoms with Crippen LogP contribution < -0.4 is 14.8 Å². The number of nitrogens with zero attached hydrogens (tertiary/aromatic N) is 3. The SMILES string of the molecule is COc1cccc(CCC(=O)Nc2cccnc2-n2cccn2)c1OC. The molecule has 26 heavy (non-hydrogen) atoms. The molecule has 0 aliphatic rings. The second kappa shape index (κ2) is 8.15. The second-order valence-corrected chi connectivity index (χ2v) is 5.53. The van der Waals surface area contributed by atoms with E-state index in [0.717, 1.165) is 5.56 Å². The summed E-state index contributed by atoms with van der Waals surface area (Å²) in [6, 6.07) is 11.0. The first-order valence-corrected chi connectivity index (χ1v) is 8.17. The van der Waals surface area contributed by atoms with Gasteiger partial charge in [0, 0.05) is 25.0 Å². The van der Waals surface area contributed by atoms with Crippen LogP contribution in [-0.2, 0) is 11.2 Å². The van der Waals surface area contributed by atoms with Gasteiger partial charge in [-0.15, -0.1) is 0 Å². The van der Waals surface area contributed by atoms with Crippen LogP contribution in [0, 0.1) is 0 Å². The maximum absolute atomic E-state index is 12.4. The Morgan fingerprint density at radius 3 is 2.73 bits per heavy atom. The minimum absolute atomic E-state index is 0.115. The predicted molar refractivity (Wildman–Crippen MR) is 97.9 cm³/mol. The molecule has 134 valence electrons. The van der Waals surface area contributed by atoms with Crippen LogP contribution in [0.15, 0.2) is 55.0 Å². The number of hydrogen-bond acceptors (Lipinski definition) is 5. The Morgan fingerprint density at radius 1 is 1.12 bits per heavy atom. The van der Waals surface area contributed by atoms with E-state index in [4.69, 9.17) is 9.47 Å². The number of amides is 1. The highest BCUT2D eigenvalue weighted by Gasteiger charge is 2.13. The van der Waals surface area contributed by atoms with Crippen molar-refractivity contribution in [1.82, 2.24) is 14.8 Å². The normalized spacial score (nSPS) is 10.4. The lowest BCUT2D eigenvalue weighted by Gasteiger charge is -2.13. The van der Waals surface area contributed by atoms with Crippen molar-refractivity contribution >= 4 is 11.6 Å². The van der Waals surface area contributed by atoms with Gasteiger partial charge in [-0.25, -0.2) is 9.67 Å². The molecule has 2 heterocycles. The number of rotatable bonds is 7. The van der Waals surface area contributed by atoms with Gasteiger partial charge in [0.25, 0.3) is 0 Å². The van der Waals surface area contributed by atoms with E-state index in [1.807, 2.05) is 18.2 Å². The summed E-state index contributed by atoms with van der Waals surface area (Å²) in [5.41, 5.74) is 1.53. The maximum atomic E-state index is 12.4. The zero-order valence-corrected chi connectivity index (χ0v) is 14.7. The molecule has 1 N–H and O–H groups in total. The lowest BCUT2D eigenvalue weighted by molar-refractivity contribution is -0.116. The summed E-state index contributed by atoms with van der Waals surface area (Å²) < 4.78 is 12.3. The first kappa shape index (κ1) is 17.5. The van der Waals surface area contributed by atoms with Gasteiger partial charge in [0.15, 0.2) is 17.3 Å². The van der Waals surface area contributed by atoms with E-state index in [1.54, 1.807) is 55.7 Å². The molecule has 7 heteroatoms. The number of anilines is 1. The Bertz CT molecular complexity index is 878. The Labute approximate surface area is 151 Å². The molecule has 0 spiro atoms. The number of aromatic nitrogens is 3. The molecular formula is C19H20N4O3. The number of carbonyl (C=O) groups is 1. The molecule has 0 fully saturated rings. The number of aryl methyl sites for hydroxylation is 1. The summed E-state index contributed by atoms with van der Waals surface area (Å²) in [6.45, 7) is 0. The molecule has 0 atom stereocenters. The van der Waals surface area contributed by atoms with E-state index in [2.05, 4.69) is 15.4 Å². The summed E-state index contributed by atoms with van der Waals surface area (Å²) in [5.74, 6) is 1.76. The summed E-state index contributed by atoms with van der Waals surface area (Å²) >= 11 is 0. The van der Waals surface area contributed by atoms with Crippen LogP contribution in [0.1, 0.15) is 12.0 Å². The zero-order valence-electron chi connectivity index (χ0n) is 14.7. The number of nitrogens with one attached hydrogen (secondary N) is 1. The monoisotopic (exact) mass is 352 g/mol. The van der Waals surface area contributed by atoms with E-state index in [0.29, 0.717) is 35.8 Å². The van der Waals surface area contributed by atoms with Crippen LogP contribution in [0.3, 0.4) is 0 Å². The lowest BCUT2D eigenvalue weighted by Crippen LogP contribution is -2.15. The molecule has 0 saturated heterocycles. The molecule has 1 amide bonds. The zero-order chi connectivity index (χ0) is 18.4. The molecule has 0 aliphatic carbocycles. The largest absolute Gasteiger partial charge is 0.493 e. The third kappa shape index (κ3) is 3.83. The van der Waals surface area contributed by atoms with Crippen LogP contribution in [-0.4, -0.2) is 34.9 Å². The van der Waals surface area contributed by atoms with Gasteiger partial charge in [-0.2, -0.15) is 5.10 Å². The number of para-hydroxylation sites is 1. The first-order chi connectivity index (χ1) is 12.7. The van der Waals surface area contributed by atoms with Crippen molar-refractivity contribution in [2.45, 2.75) is 12.8 Å². The number of ether oxygens (including phenoxy) is 2. The van der Waals surface area contributed by atoms with Crippen molar-refractivity contribution in [1.29, 1.82) is 0 Å². The van der Waals surface area contributed by atoms with Gasteiger partial charge in [0.2, 0.25) is 5.91 Å². The third-order valence-electron chi connectivity index (χ3n) is 3.89. The van der Waals surface area contributed by atoms with Crippen molar-refractivity contribution in [3.63, 3.8) is 0 Å². The van der Waals surface area contributed by atoms with Crippen LogP contribution in [0.5, 0.6) is 11.5 Å². The number of benzene rings is 1. The molecular weight excluding hydrogens is 332 g/mol. The molecule has 2 aromatic heterocycles. The smallest absolute Gasteiger partial charge is 0.224 e. The Morgan fingerprint density at radius 2 is 2.00 bits per heavy atom. The average Bonchev–Trinajstić information content (AvgIpc) is 3.21. The molecule has 0 unspecified atom stereocenters. The van der Waals surface area contributed by atoms with Gasteiger partial charge in [0.05, 0.1) is 19.9 Å². The molecule has 3 rings (SSSR count). The number of methoxy groups -OCH3 is 2. The summed E-state index contributed by atoms with van der Waals surface area (Å²) in [4.78, 5) is 16.7. The molecule has 0 saturated carbocycles. The van der Waals surface area contributed by atoms with E-state index in [1.165, 1.54) is 0 Å². The molecule has 1 aromatic carbocycles. The highest BCUT2D eigenvalue weighted by Crippen LogP contribution is 2.31. The van der Waals surface area contributed by atoms with E-state index < -0.39 is 0 Å². The van der Waals surface area contributed by atoms with Crippen molar-refractivity contribution in [2.75, 3.05) is 19.5 Å². The summed E-state index contributed by atoms with van der Waals surface area (Å²) in [6.07, 6.45) is 5.93. The Kier molecular flexibility index (Phi) is 5.48. The fourth-order valence-corrected chi connectivity index (χ4v) is 2.68. The van der Waals surface area contributed by atoms with E-state index in [-0.39, 0.29) is 5.91 Å². The predicted octanol–water partition coefficient (Wildman–Crippen LogP) is 2.86. The van der Waals surface area contributed by atoms with Gasteiger partial charge in [0.1, 0.15) is 0 Å². The number of carbonyl (C=O) groups excluding carboxylic acids is 1. The fraction of sp³-hybridized carbons (Fsp3) is 0.211. The fourth-order valence-electron chi connectivity index (χ4n) is 2.68. The second-order valence-electron chi connectivity index (χ2n) is 5.53. The van der Waals surface area contributed by atoms with Crippen molar-refractivity contribution in [3.05, 3.63) is 60.6 Å². The average molecular weight is 352 g/mol. The number of hydrogen-bond donors (Lipinski definition) is 1. The summed E-state index contributed by atoms with van der Waals surface area (Å²) in [7, 11) is 3.18. The van der Waals surface area contributed by atoms with Gasteiger partial charge in [-0.05, 0) is 36.2 Å². The molecule has 0 radical (unpaired) electrons. The van der Waals surface area contributed by atoms with Gasteiger partial charge in [-0.3, -0.25) is 4.79 Å².